The first-order valence-electron chi connectivity index (χ1n) is 10.5. The summed E-state index contributed by atoms with van der Waals surface area (Å²) >= 11 is 5.63. The molecule has 0 aromatic heterocycles. The van der Waals surface area contributed by atoms with E-state index in [4.69, 9.17) is 21.7 Å². The zero-order valence-corrected chi connectivity index (χ0v) is 18.8. The molecule has 0 amide bonds. The number of ether oxygens (including phenoxy) is 2. The lowest BCUT2D eigenvalue weighted by Gasteiger charge is -2.30. The van der Waals surface area contributed by atoms with Gasteiger partial charge in [-0.05, 0) is 49.0 Å². The van der Waals surface area contributed by atoms with Crippen molar-refractivity contribution in [2.45, 2.75) is 19.1 Å². The number of halogens is 3. The highest BCUT2D eigenvalue weighted by Crippen LogP contribution is 2.30. The number of thiocarbonyl (C=S) groups is 1. The summed E-state index contributed by atoms with van der Waals surface area (Å²) in [5, 5.41) is 3.54. The second kappa shape index (κ2) is 11.5. The van der Waals surface area contributed by atoms with Crippen molar-refractivity contribution >= 4 is 23.0 Å². The van der Waals surface area contributed by atoms with Crippen LogP contribution in [0, 0.1) is 0 Å². The first-order valence-corrected chi connectivity index (χ1v) is 10.9. The Morgan fingerprint density at radius 3 is 2.47 bits per heavy atom. The van der Waals surface area contributed by atoms with Gasteiger partial charge in [-0.25, -0.2) is 0 Å². The summed E-state index contributed by atoms with van der Waals surface area (Å²) in [6, 6.07) is 12.6. The molecule has 1 fully saturated rings. The largest absolute Gasteiger partial charge is 0.496 e. The summed E-state index contributed by atoms with van der Waals surface area (Å²) < 4.78 is 49.4. The maximum atomic E-state index is 12.8. The molecule has 1 saturated heterocycles. The van der Waals surface area contributed by atoms with Crippen molar-refractivity contribution in [3.63, 3.8) is 0 Å². The Bertz CT molecular complexity index is 872. The van der Waals surface area contributed by atoms with Gasteiger partial charge in [0.05, 0.1) is 25.9 Å². The van der Waals surface area contributed by atoms with Crippen LogP contribution < -0.4 is 10.1 Å². The van der Waals surface area contributed by atoms with Crippen LogP contribution in [-0.4, -0.2) is 61.4 Å². The third-order valence-corrected chi connectivity index (χ3v) is 5.67. The van der Waals surface area contributed by atoms with Crippen LogP contribution in [0.3, 0.4) is 0 Å². The van der Waals surface area contributed by atoms with E-state index < -0.39 is 11.7 Å². The van der Waals surface area contributed by atoms with Gasteiger partial charge in [0.25, 0.3) is 0 Å². The lowest BCUT2D eigenvalue weighted by atomic mass is 10.2. The van der Waals surface area contributed by atoms with E-state index in [0.717, 1.165) is 62.7 Å². The molecule has 0 spiro atoms. The van der Waals surface area contributed by atoms with Gasteiger partial charge in [-0.2, -0.15) is 13.2 Å². The van der Waals surface area contributed by atoms with E-state index in [0.29, 0.717) is 23.9 Å². The van der Waals surface area contributed by atoms with E-state index in [9.17, 15) is 13.2 Å². The average Bonchev–Trinajstić information content (AvgIpc) is 2.79. The molecular formula is C23H28F3N3O2S. The zero-order valence-electron chi connectivity index (χ0n) is 18.0. The van der Waals surface area contributed by atoms with Crippen molar-refractivity contribution in [2.24, 2.45) is 0 Å². The molecule has 0 saturated carbocycles. The number of para-hydroxylation sites is 1. The Balaban J connectivity index is 1.67. The quantitative estimate of drug-likeness (QED) is 0.571. The predicted molar refractivity (Wildman–Crippen MR) is 123 cm³/mol. The third kappa shape index (κ3) is 7.08. The highest BCUT2D eigenvalue weighted by Gasteiger charge is 2.30. The summed E-state index contributed by atoms with van der Waals surface area (Å²) in [6.45, 7) is 5.48. The molecule has 5 nitrogen and oxygen atoms in total. The lowest BCUT2D eigenvalue weighted by Crippen LogP contribution is -2.40. The van der Waals surface area contributed by atoms with Crippen LogP contribution in [-0.2, 0) is 17.5 Å². The number of nitrogens with zero attached hydrogens (tertiary/aromatic N) is 2. The van der Waals surface area contributed by atoms with Crippen LogP contribution in [0.5, 0.6) is 5.75 Å². The molecule has 3 rings (SSSR count). The summed E-state index contributed by atoms with van der Waals surface area (Å²) in [7, 11) is 1.63. The van der Waals surface area contributed by atoms with E-state index in [1.54, 1.807) is 7.11 Å². The van der Waals surface area contributed by atoms with Gasteiger partial charge >= 0.3 is 6.18 Å². The number of alkyl halides is 3. The monoisotopic (exact) mass is 467 g/mol. The Kier molecular flexibility index (Phi) is 8.72. The molecule has 1 heterocycles. The fraction of sp³-hybridized carbons (Fsp3) is 0.435. The Morgan fingerprint density at radius 2 is 1.81 bits per heavy atom. The maximum absolute atomic E-state index is 12.8. The molecule has 2 aromatic rings. The van der Waals surface area contributed by atoms with E-state index in [1.165, 1.54) is 12.1 Å². The molecule has 174 valence electrons. The molecule has 0 radical (unpaired) electrons. The predicted octanol–water partition coefficient (Wildman–Crippen LogP) is 4.64. The van der Waals surface area contributed by atoms with Gasteiger partial charge in [-0.3, -0.25) is 4.90 Å². The minimum Gasteiger partial charge on any atom is -0.496 e. The molecule has 1 N–H and O–H groups in total. The van der Waals surface area contributed by atoms with E-state index in [-0.39, 0.29) is 0 Å². The minimum atomic E-state index is -4.37. The fourth-order valence-electron chi connectivity index (χ4n) is 3.55. The standard InChI is InChI=1S/C23H28F3N3O2S/c1-30-21-6-3-2-5-18(21)17-29(12-4-11-28-13-15-31-16-14-28)22(32)27-20-9-7-19(8-10-20)23(24,25)26/h2-3,5-10H,4,11-17H2,1H3,(H,27,32). The number of rotatable bonds is 8. The van der Waals surface area contributed by atoms with Crippen LogP contribution in [0.15, 0.2) is 48.5 Å². The molecule has 0 aliphatic carbocycles. The van der Waals surface area contributed by atoms with Gasteiger partial charge in [0, 0.05) is 44.0 Å². The second-order valence-corrected chi connectivity index (χ2v) is 7.93. The van der Waals surface area contributed by atoms with Crippen LogP contribution >= 0.6 is 12.2 Å². The number of hydrogen-bond acceptors (Lipinski definition) is 4. The number of benzene rings is 2. The van der Waals surface area contributed by atoms with E-state index in [1.807, 2.05) is 29.2 Å². The van der Waals surface area contributed by atoms with Crippen molar-refractivity contribution in [1.82, 2.24) is 9.80 Å². The second-order valence-electron chi connectivity index (χ2n) is 7.55. The van der Waals surface area contributed by atoms with E-state index in [2.05, 4.69) is 10.2 Å². The molecule has 0 unspecified atom stereocenters. The SMILES string of the molecule is COc1ccccc1CN(CCCN1CCOCC1)C(=S)Nc1ccc(C(F)(F)F)cc1. The maximum Gasteiger partial charge on any atom is 0.416 e. The summed E-state index contributed by atoms with van der Waals surface area (Å²) in [5.74, 6) is 0.767. The summed E-state index contributed by atoms with van der Waals surface area (Å²) in [4.78, 5) is 4.38. The van der Waals surface area contributed by atoms with Gasteiger partial charge in [0.2, 0.25) is 0 Å². The van der Waals surface area contributed by atoms with E-state index >= 15 is 0 Å². The molecule has 1 aliphatic rings. The van der Waals surface area contributed by atoms with Gasteiger partial charge in [0.15, 0.2) is 5.11 Å². The van der Waals surface area contributed by atoms with Crippen LogP contribution in [0.2, 0.25) is 0 Å². The number of nitrogens with one attached hydrogen (secondary N) is 1. The number of hydrogen-bond donors (Lipinski definition) is 1. The Morgan fingerprint density at radius 1 is 1.12 bits per heavy atom. The molecule has 32 heavy (non-hydrogen) atoms. The molecule has 0 bridgehead atoms. The number of morpholine rings is 1. The first-order chi connectivity index (χ1) is 15.4. The van der Waals surface area contributed by atoms with Crippen molar-refractivity contribution in [3.8, 4) is 5.75 Å². The Labute approximate surface area is 192 Å². The lowest BCUT2D eigenvalue weighted by molar-refractivity contribution is -0.137. The van der Waals surface area contributed by atoms with Crippen LogP contribution in [0.25, 0.3) is 0 Å². The fourth-order valence-corrected chi connectivity index (χ4v) is 3.82. The van der Waals surface area contributed by atoms with Crippen molar-refractivity contribution in [2.75, 3.05) is 51.8 Å². The topological polar surface area (TPSA) is 37.0 Å². The highest BCUT2D eigenvalue weighted by molar-refractivity contribution is 7.80. The van der Waals surface area contributed by atoms with Gasteiger partial charge in [-0.15, -0.1) is 0 Å². The van der Waals surface area contributed by atoms with Crippen LogP contribution in [0.4, 0.5) is 18.9 Å². The molecular weight excluding hydrogens is 439 g/mol. The molecule has 9 heteroatoms. The number of anilines is 1. The number of methoxy groups -OCH3 is 1. The first kappa shape index (κ1) is 24.3. The smallest absolute Gasteiger partial charge is 0.416 e. The minimum absolute atomic E-state index is 0.456. The molecule has 1 aliphatic heterocycles. The molecule has 0 atom stereocenters. The van der Waals surface area contributed by atoms with Gasteiger partial charge in [-0.1, -0.05) is 18.2 Å². The van der Waals surface area contributed by atoms with Crippen molar-refractivity contribution in [3.05, 3.63) is 59.7 Å². The Hall–Kier alpha value is -2.36. The van der Waals surface area contributed by atoms with Crippen LogP contribution in [0.1, 0.15) is 17.5 Å². The normalized spacial score (nSPS) is 14.8. The van der Waals surface area contributed by atoms with Crippen molar-refractivity contribution < 1.29 is 22.6 Å². The average molecular weight is 468 g/mol. The highest BCUT2D eigenvalue weighted by atomic mass is 32.1. The van der Waals surface area contributed by atoms with Gasteiger partial charge < -0.3 is 19.7 Å². The zero-order chi connectivity index (χ0) is 23.0. The third-order valence-electron chi connectivity index (χ3n) is 5.31. The molecule has 2 aromatic carbocycles. The summed E-state index contributed by atoms with van der Waals surface area (Å²) in [6.07, 6.45) is -3.47. The summed E-state index contributed by atoms with van der Waals surface area (Å²) in [5.41, 5.74) is 0.810. The van der Waals surface area contributed by atoms with Gasteiger partial charge in [0.1, 0.15) is 5.75 Å². The van der Waals surface area contributed by atoms with Crippen molar-refractivity contribution in [1.29, 1.82) is 0 Å².